The number of para-hydroxylation sites is 2. The van der Waals surface area contributed by atoms with Crippen LogP contribution < -0.4 is 9.47 Å². The standard InChI is InChI=1S/C30H37N5O3/c1-6-35-29(36)34-18-21-16-22(37-4)17-25(38-5)28(21)20(2)15-26(34)30(35)11-13-33(14-12-30)19-27-31-23-9-7-8-10-24(23)32(27)3/h7-10,15-17,20H,6,11-14,18-19H2,1-5H3/t20-/m0/s1. The largest absolute Gasteiger partial charge is 0.497 e. The Morgan fingerprint density at radius 2 is 1.87 bits per heavy atom. The average Bonchev–Trinajstić information content (AvgIpc) is 3.28. The zero-order valence-corrected chi connectivity index (χ0v) is 23.0. The monoisotopic (exact) mass is 515 g/mol. The zero-order valence-electron chi connectivity index (χ0n) is 23.0. The van der Waals surface area contributed by atoms with Crippen LogP contribution in [0.2, 0.25) is 0 Å². The number of rotatable bonds is 5. The van der Waals surface area contributed by atoms with Gasteiger partial charge in [-0.25, -0.2) is 9.78 Å². The second-order valence-corrected chi connectivity index (χ2v) is 10.7. The molecule has 2 saturated heterocycles. The molecule has 0 saturated carbocycles. The lowest BCUT2D eigenvalue weighted by Crippen LogP contribution is -2.53. The van der Waals surface area contributed by atoms with Gasteiger partial charge in [-0.1, -0.05) is 25.1 Å². The maximum Gasteiger partial charge on any atom is 0.325 e. The van der Waals surface area contributed by atoms with Crippen molar-refractivity contribution in [1.29, 1.82) is 0 Å². The molecule has 2 amide bonds. The first-order valence-electron chi connectivity index (χ1n) is 13.6. The summed E-state index contributed by atoms with van der Waals surface area (Å²) in [6, 6.07) is 12.4. The fourth-order valence-corrected chi connectivity index (χ4v) is 6.88. The number of likely N-dealkylation sites (tertiary alicyclic amines) is 1. The first-order chi connectivity index (χ1) is 18.4. The number of carbonyl (C=O) groups is 1. The maximum absolute atomic E-state index is 13.9. The Kier molecular flexibility index (Phi) is 6.10. The number of urea groups is 1. The molecule has 4 heterocycles. The second kappa shape index (κ2) is 9.34. The molecular weight excluding hydrogens is 478 g/mol. The molecule has 6 rings (SSSR count). The Morgan fingerprint density at radius 3 is 2.55 bits per heavy atom. The molecule has 0 radical (unpaired) electrons. The number of imidazole rings is 1. The molecule has 3 aliphatic heterocycles. The van der Waals surface area contributed by atoms with Crippen LogP contribution in [0.3, 0.4) is 0 Å². The van der Waals surface area contributed by atoms with Gasteiger partial charge in [0, 0.05) is 49.9 Å². The number of carbonyl (C=O) groups excluding carboxylic acids is 1. The molecule has 3 aromatic rings. The van der Waals surface area contributed by atoms with Crippen molar-refractivity contribution < 1.29 is 14.3 Å². The second-order valence-electron chi connectivity index (χ2n) is 10.7. The van der Waals surface area contributed by atoms with E-state index in [2.05, 4.69) is 65.6 Å². The van der Waals surface area contributed by atoms with E-state index in [-0.39, 0.29) is 17.5 Å². The zero-order chi connectivity index (χ0) is 26.6. The van der Waals surface area contributed by atoms with Gasteiger partial charge in [0.15, 0.2) is 0 Å². The lowest BCUT2D eigenvalue weighted by molar-refractivity contribution is 0.0871. The van der Waals surface area contributed by atoms with E-state index in [0.29, 0.717) is 13.1 Å². The van der Waals surface area contributed by atoms with E-state index >= 15 is 0 Å². The summed E-state index contributed by atoms with van der Waals surface area (Å²) in [7, 11) is 5.47. The van der Waals surface area contributed by atoms with E-state index in [0.717, 1.165) is 77.7 Å². The van der Waals surface area contributed by atoms with Gasteiger partial charge >= 0.3 is 6.03 Å². The van der Waals surface area contributed by atoms with Gasteiger partial charge < -0.3 is 18.9 Å². The van der Waals surface area contributed by atoms with Crippen LogP contribution in [0.4, 0.5) is 4.79 Å². The van der Waals surface area contributed by atoms with Gasteiger partial charge in [-0.2, -0.15) is 0 Å². The molecule has 38 heavy (non-hydrogen) atoms. The fraction of sp³-hybridized carbons (Fsp3) is 0.467. The maximum atomic E-state index is 13.9. The molecular formula is C30H37N5O3. The molecule has 0 bridgehead atoms. The van der Waals surface area contributed by atoms with E-state index in [9.17, 15) is 4.79 Å². The van der Waals surface area contributed by atoms with Gasteiger partial charge in [0.25, 0.3) is 0 Å². The number of aryl methyl sites for hydroxylation is 1. The molecule has 200 valence electrons. The topological polar surface area (TPSA) is 63.1 Å². The van der Waals surface area contributed by atoms with Gasteiger partial charge in [0.2, 0.25) is 0 Å². The van der Waals surface area contributed by atoms with E-state index in [1.165, 1.54) is 0 Å². The van der Waals surface area contributed by atoms with Crippen molar-refractivity contribution >= 4 is 17.1 Å². The highest BCUT2D eigenvalue weighted by atomic mass is 16.5. The van der Waals surface area contributed by atoms with Crippen molar-refractivity contribution in [2.45, 2.75) is 51.2 Å². The Morgan fingerprint density at radius 1 is 1.11 bits per heavy atom. The summed E-state index contributed by atoms with van der Waals surface area (Å²) in [5.74, 6) is 2.76. The highest BCUT2D eigenvalue weighted by Crippen LogP contribution is 2.49. The van der Waals surface area contributed by atoms with Crippen molar-refractivity contribution in [3.8, 4) is 11.5 Å². The van der Waals surface area contributed by atoms with Crippen LogP contribution in [0.5, 0.6) is 11.5 Å². The summed E-state index contributed by atoms with van der Waals surface area (Å²) in [5, 5.41) is 0. The molecule has 2 aromatic carbocycles. The predicted octanol–water partition coefficient (Wildman–Crippen LogP) is 4.88. The Bertz CT molecular complexity index is 1420. The number of piperidine rings is 1. The Labute approximate surface area is 224 Å². The third-order valence-corrected chi connectivity index (χ3v) is 8.84. The van der Waals surface area contributed by atoms with Crippen LogP contribution >= 0.6 is 0 Å². The number of benzene rings is 2. The SMILES string of the molecule is CCN1C(=O)N2Cc3cc(OC)cc(OC)c3[C@@H](C)C=C2C12CCN(Cc1nc3ccccc3n1C)CC2. The molecule has 1 aromatic heterocycles. The summed E-state index contributed by atoms with van der Waals surface area (Å²) >= 11 is 0. The lowest BCUT2D eigenvalue weighted by atomic mass is 9.82. The molecule has 0 unspecified atom stereocenters. The van der Waals surface area contributed by atoms with E-state index in [1.54, 1.807) is 14.2 Å². The Hall–Kier alpha value is -3.52. The van der Waals surface area contributed by atoms with Gasteiger partial charge in [-0.05, 0) is 43.5 Å². The normalized spacial score (nSPS) is 20.9. The van der Waals surface area contributed by atoms with Gasteiger partial charge in [-0.15, -0.1) is 0 Å². The van der Waals surface area contributed by atoms with Crippen molar-refractivity contribution in [1.82, 2.24) is 24.3 Å². The first-order valence-corrected chi connectivity index (χ1v) is 13.6. The molecule has 1 atom stereocenters. The summed E-state index contributed by atoms with van der Waals surface area (Å²) in [4.78, 5) is 25.4. The number of allylic oxidation sites excluding steroid dienone is 1. The average molecular weight is 516 g/mol. The van der Waals surface area contributed by atoms with Crippen LogP contribution in [0, 0.1) is 0 Å². The number of amides is 2. The number of methoxy groups -OCH3 is 2. The number of nitrogens with zero attached hydrogens (tertiary/aromatic N) is 5. The molecule has 8 nitrogen and oxygen atoms in total. The molecule has 8 heteroatoms. The van der Waals surface area contributed by atoms with Crippen LogP contribution in [0.1, 0.15) is 49.6 Å². The quantitative estimate of drug-likeness (QED) is 0.485. The molecule has 0 aliphatic carbocycles. The fourth-order valence-electron chi connectivity index (χ4n) is 6.88. The van der Waals surface area contributed by atoms with E-state index < -0.39 is 0 Å². The predicted molar refractivity (Wildman–Crippen MR) is 147 cm³/mol. The number of fused-ring (bicyclic) bond motifs is 4. The van der Waals surface area contributed by atoms with Crippen molar-refractivity contribution in [3.05, 3.63) is 65.1 Å². The van der Waals surface area contributed by atoms with Crippen LogP contribution in [-0.4, -0.2) is 69.7 Å². The summed E-state index contributed by atoms with van der Waals surface area (Å²) in [6.07, 6.45) is 4.13. The van der Waals surface area contributed by atoms with E-state index in [4.69, 9.17) is 14.5 Å². The van der Waals surface area contributed by atoms with Gasteiger partial charge in [0.05, 0.1) is 43.9 Å². The minimum atomic E-state index is -0.289. The lowest BCUT2D eigenvalue weighted by Gasteiger charge is -2.44. The minimum Gasteiger partial charge on any atom is -0.497 e. The highest BCUT2D eigenvalue weighted by Gasteiger charge is 2.54. The molecule has 2 fully saturated rings. The number of ether oxygens (including phenoxy) is 2. The molecule has 0 N–H and O–H groups in total. The molecule has 3 aliphatic rings. The Balaban J connectivity index is 1.30. The van der Waals surface area contributed by atoms with Crippen molar-refractivity contribution in [3.63, 3.8) is 0 Å². The minimum absolute atomic E-state index is 0.101. The number of hydrogen-bond donors (Lipinski definition) is 0. The smallest absolute Gasteiger partial charge is 0.325 e. The number of hydrogen-bond acceptors (Lipinski definition) is 5. The molecule has 1 spiro atoms. The third kappa shape index (κ3) is 3.68. The van der Waals surface area contributed by atoms with Crippen LogP contribution in [0.25, 0.3) is 11.0 Å². The number of aromatic nitrogens is 2. The summed E-state index contributed by atoms with van der Waals surface area (Å²) in [5.41, 5.74) is 5.28. The summed E-state index contributed by atoms with van der Waals surface area (Å²) in [6.45, 7) is 8.16. The van der Waals surface area contributed by atoms with Crippen LogP contribution in [0.15, 0.2) is 48.2 Å². The first kappa shape index (κ1) is 24.8. The van der Waals surface area contributed by atoms with Gasteiger partial charge in [-0.3, -0.25) is 9.80 Å². The van der Waals surface area contributed by atoms with E-state index in [1.807, 2.05) is 17.0 Å². The third-order valence-electron chi connectivity index (χ3n) is 8.84. The van der Waals surface area contributed by atoms with Crippen LogP contribution in [-0.2, 0) is 20.1 Å². The van der Waals surface area contributed by atoms with Crippen molar-refractivity contribution in [2.75, 3.05) is 33.9 Å². The van der Waals surface area contributed by atoms with Gasteiger partial charge in [0.1, 0.15) is 17.3 Å². The number of likely N-dealkylation sites (N-methyl/N-ethyl adjacent to an activating group) is 1. The van der Waals surface area contributed by atoms with Crippen molar-refractivity contribution in [2.24, 2.45) is 7.05 Å². The summed E-state index contributed by atoms with van der Waals surface area (Å²) < 4.78 is 13.5. The highest BCUT2D eigenvalue weighted by molar-refractivity contribution is 5.83.